The number of amides is 1. The summed E-state index contributed by atoms with van der Waals surface area (Å²) < 4.78 is 60.9. The van der Waals surface area contributed by atoms with E-state index in [-0.39, 0.29) is 48.3 Å². The molecule has 1 amide bonds. The summed E-state index contributed by atoms with van der Waals surface area (Å²) in [6.45, 7) is 2.93. The number of nitrogens with one attached hydrogen (secondary N) is 3. The molecule has 4 aromatic heterocycles. The lowest BCUT2D eigenvalue weighted by molar-refractivity contribution is -0.118. The van der Waals surface area contributed by atoms with E-state index in [2.05, 4.69) is 40.5 Å². The van der Waals surface area contributed by atoms with E-state index in [1.165, 1.54) is 34.3 Å². The second-order valence-corrected chi connectivity index (χ2v) is 12.6. The molecule has 6 rings (SSSR count). The molecule has 6 atom stereocenters. The highest BCUT2D eigenvalue weighted by atomic mass is 32.2. The van der Waals surface area contributed by atoms with Crippen molar-refractivity contribution >= 4 is 44.3 Å². The number of alkyl halides is 1. The Morgan fingerprint density at radius 3 is 2.69 bits per heavy atom. The van der Waals surface area contributed by atoms with Gasteiger partial charge in [-0.1, -0.05) is 13.8 Å². The lowest BCUT2D eigenvalue weighted by atomic mass is 10.2. The van der Waals surface area contributed by atoms with E-state index in [0.29, 0.717) is 11.2 Å². The number of aromatic amines is 1. The molecule has 4 aromatic rings. The van der Waals surface area contributed by atoms with Crippen molar-refractivity contribution in [2.75, 3.05) is 24.3 Å². The highest BCUT2D eigenvalue weighted by Gasteiger charge is 2.41. The van der Waals surface area contributed by atoms with E-state index in [1.54, 1.807) is 13.8 Å². The molecule has 2 aliphatic heterocycles. The van der Waals surface area contributed by atoms with Crippen molar-refractivity contribution in [3.05, 3.63) is 35.5 Å². The van der Waals surface area contributed by atoms with Gasteiger partial charge in [-0.25, -0.2) is 24.3 Å². The largest absolute Gasteiger partial charge is 0.394 e. The third kappa shape index (κ3) is 6.42. The summed E-state index contributed by atoms with van der Waals surface area (Å²) in [5.74, 6) is -1.52. The molecule has 0 unspecified atom stereocenters. The van der Waals surface area contributed by atoms with Crippen LogP contribution in [0.5, 0.6) is 0 Å². The fourth-order valence-corrected chi connectivity index (χ4v) is 6.20. The van der Waals surface area contributed by atoms with Crippen LogP contribution in [0.15, 0.2) is 30.0 Å². The third-order valence-electron chi connectivity index (χ3n) is 7.38. The Balaban J connectivity index is 1.11. The first-order valence-corrected chi connectivity index (χ1v) is 15.7. The summed E-state index contributed by atoms with van der Waals surface area (Å²) in [7, 11) is -4.24. The molecule has 2 fully saturated rings. The molecule has 0 bridgehead atoms. The predicted molar refractivity (Wildman–Crippen MR) is 153 cm³/mol. The van der Waals surface area contributed by atoms with Gasteiger partial charge in [0.05, 0.1) is 37.7 Å². The van der Waals surface area contributed by atoms with Crippen LogP contribution in [-0.4, -0.2) is 102 Å². The molecule has 0 aliphatic carbocycles. The van der Waals surface area contributed by atoms with E-state index < -0.39 is 65.1 Å². The van der Waals surface area contributed by atoms with E-state index in [1.807, 2.05) is 0 Å². The first kappa shape index (κ1) is 31.0. The van der Waals surface area contributed by atoms with E-state index in [0.717, 1.165) is 0 Å². The number of H-pyrrole nitrogens is 1. The van der Waals surface area contributed by atoms with Gasteiger partial charge in [-0.3, -0.25) is 38.5 Å². The van der Waals surface area contributed by atoms with Crippen molar-refractivity contribution in [2.45, 2.75) is 63.6 Å². The summed E-state index contributed by atoms with van der Waals surface area (Å²) in [5, 5.41) is 15.0. The van der Waals surface area contributed by atoms with Gasteiger partial charge in [0.15, 0.2) is 29.3 Å². The van der Waals surface area contributed by atoms with Gasteiger partial charge in [0.2, 0.25) is 11.9 Å². The van der Waals surface area contributed by atoms with Crippen molar-refractivity contribution in [2.24, 2.45) is 5.92 Å². The maximum Gasteiger partial charge on any atom is 0.280 e. The number of aliphatic hydroxyl groups excluding tert-OH is 1. The van der Waals surface area contributed by atoms with Gasteiger partial charge >= 0.3 is 0 Å². The van der Waals surface area contributed by atoms with Crippen molar-refractivity contribution < 1.29 is 36.4 Å². The van der Waals surface area contributed by atoms with Crippen LogP contribution in [0.25, 0.3) is 22.3 Å². The van der Waals surface area contributed by atoms with Gasteiger partial charge in [-0.15, -0.1) is 0 Å². The number of aromatic nitrogens is 8. The molecule has 18 nitrogen and oxygen atoms in total. The summed E-state index contributed by atoms with van der Waals surface area (Å²) in [6.07, 6.45) is -0.551. The van der Waals surface area contributed by atoms with Crippen LogP contribution >= 0.6 is 0 Å². The van der Waals surface area contributed by atoms with Gasteiger partial charge < -0.3 is 14.6 Å². The molecule has 242 valence electrons. The topological polar surface area (TPSA) is 230 Å². The number of carbonyl (C=O) groups is 1. The monoisotopic (exact) mass is 650 g/mol. The summed E-state index contributed by atoms with van der Waals surface area (Å²) >= 11 is 0. The van der Waals surface area contributed by atoms with Gasteiger partial charge in [-0.2, -0.15) is 13.4 Å². The van der Waals surface area contributed by atoms with Gasteiger partial charge in [0.1, 0.15) is 30.0 Å². The molecular weight excluding hydrogens is 619 g/mol. The average molecular weight is 651 g/mol. The minimum Gasteiger partial charge on any atom is -0.394 e. The van der Waals surface area contributed by atoms with Gasteiger partial charge in [0, 0.05) is 25.3 Å². The fraction of sp³-hybridized carbons (Fsp3) is 0.560. The van der Waals surface area contributed by atoms with Gasteiger partial charge in [-0.05, 0) is 0 Å². The van der Waals surface area contributed by atoms with Crippen LogP contribution < -0.4 is 16.2 Å². The van der Waals surface area contributed by atoms with Crippen LogP contribution in [0.3, 0.4) is 0 Å². The first-order valence-electron chi connectivity index (χ1n) is 14.1. The van der Waals surface area contributed by atoms with Crippen molar-refractivity contribution in [3.63, 3.8) is 0 Å². The number of carbonyl (C=O) groups excluding carboxylic acids is 1. The molecule has 20 heteroatoms. The Morgan fingerprint density at radius 1 is 1.16 bits per heavy atom. The molecule has 2 aliphatic rings. The number of anilines is 1. The SMILES string of the molecule is CC(C)C(=O)Nc1nc2c(ncn2[C@@H]2O[C@H](CO)C[C@H]2OS(=O)(=O)CNC[C@@H]2C[C@@H](F)[C@H](n3cnc4cncnc43)O2)c(=O)[nH]1. The standard InChI is InChI=1S/C25H31FN10O8S/c1-12(2)21(38)33-25-32-20-18(22(39)34-25)31-10-36(20)24-17(4-14(7-37)43-24)44-45(40,41)11-28-5-13-3-15(26)23(42-13)35-9-30-16-6-27-8-29-19(16)35/h6,8-10,12-15,17,23-24,28,37H,3-5,7,11H2,1-2H3,(H2,32,33,34,38,39)/t13-,14-,15+,17+,23+,24+/m0/s1. The number of imidazole rings is 2. The number of ether oxygens (including phenoxy) is 2. The molecule has 0 saturated carbocycles. The minimum atomic E-state index is -4.24. The van der Waals surface area contributed by atoms with E-state index >= 15 is 0 Å². The highest BCUT2D eigenvalue weighted by molar-refractivity contribution is 7.86. The molecule has 0 spiro atoms. The van der Waals surface area contributed by atoms with Crippen LogP contribution in [0, 0.1) is 5.92 Å². The van der Waals surface area contributed by atoms with Crippen LogP contribution in [0.2, 0.25) is 0 Å². The number of aliphatic hydroxyl groups is 1. The van der Waals surface area contributed by atoms with Crippen molar-refractivity contribution in [1.82, 2.24) is 44.4 Å². The Bertz CT molecular complexity index is 1860. The van der Waals surface area contributed by atoms with Crippen LogP contribution in [0.1, 0.15) is 39.1 Å². The summed E-state index contributed by atoms with van der Waals surface area (Å²) in [6, 6.07) is 0. The van der Waals surface area contributed by atoms with Crippen LogP contribution in [-0.2, 0) is 28.6 Å². The minimum absolute atomic E-state index is 0.000428. The zero-order chi connectivity index (χ0) is 31.9. The number of nitrogens with zero attached hydrogens (tertiary/aromatic N) is 7. The Morgan fingerprint density at radius 2 is 1.91 bits per heavy atom. The van der Waals surface area contributed by atoms with E-state index in [9.17, 15) is 27.5 Å². The van der Waals surface area contributed by atoms with Gasteiger partial charge in [0.25, 0.3) is 15.7 Å². The molecule has 6 heterocycles. The number of halogens is 1. The zero-order valence-electron chi connectivity index (χ0n) is 24.1. The van der Waals surface area contributed by atoms with E-state index in [4.69, 9.17) is 13.7 Å². The second kappa shape index (κ2) is 12.4. The molecule has 0 radical (unpaired) electrons. The van der Waals surface area contributed by atoms with Crippen LogP contribution in [0.4, 0.5) is 10.3 Å². The maximum atomic E-state index is 14.9. The highest BCUT2D eigenvalue weighted by Crippen LogP contribution is 2.35. The predicted octanol–water partition coefficient (Wildman–Crippen LogP) is -0.278. The normalized spacial score (nSPS) is 25.5. The number of fused-ring (bicyclic) bond motifs is 2. The maximum absolute atomic E-state index is 14.9. The average Bonchev–Trinajstić information content (AvgIpc) is 3.77. The summed E-state index contributed by atoms with van der Waals surface area (Å²) in [4.78, 5) is 47.7. The Kier molecular flexibility index (Phi) is 8.59. The van der Waals surface area contributed by atoms with Crippen molar-refractivity contribution in [1.29, 1.82) is 0 Å². The second-order valence-electron chi connectivity index (χ2n) is 11.0. The summed E-state index contributed by atoms with van der Waals surface area (Å²) in [5.41, 5.74) is 0.203. The molecule has 0 aromatic carbocycles. The first-order chi connectivity index (χ1) is 21.5. The molecular formula is C25H31FN10O8S. The lowest BCUT2D eigenvalue weighted by Crippen LogP contribution is -2.34. The molecule has 2 saturated heterocycles. The van der Waals surface area contributed by atoms with Crippen molar-refractivity contribution in [3.8, 4) is 0 Å². The fourth-order valence-electron chi connectivity index (χ4n) is 5.21. The molecule has 4 N–H and O–H groups in total. The number of hydrogen-bond acceptors (Lipinski definition) is 14. The number of rotatable bonds is 11. The lowest BCUT2D eigenvalue weighted by Gasteiger charge is -2.21. The third-order valence-corrected chi connectivity index (χ3v) is 8.48. The Labute approximate surface area is 254 Å². The number of hydrogen-bond donors (Lipinski definition) is 4. The Hall–Kier alpha value is -3.95. The quantitative estimate of drug-likeness (QED) is 0.153. The zero-order valence-corrected chi connectivity index (χ0v) is 24.9. The molecule has 45 heavy (non-hydrogen) atoms. The smallest absolute Gasteiger partial charge is 0.280 e.